The summed E-state index contributed by atoms with van der Waals surface area (Å²) in [4.78, 5) is 2.72. The van der Waals surface area contributed by atoms with Gasteiger partial charge in [-0.1, -0.05) is 17.7 Å². The molecule has 1 heterocycles. The van der Waals surface area contributed by atoms with Gasteiger partial charge in [0, 0.05) is 6.04 Å². The molecule has 4 heteroatoms. The lowest BCUT2D eigenvalue weighted by molar-refractivity contribution is 0.304. The lowest BCUT2D eigenvalue weighted by Gasteiger charge is -2.19. The normalized spacial score (nSPS) is 21.3. The highest BCUT2D eigenvalue weighted by Gasteiger charge is 2.23. The molecule has 1 saturated heterocycles. The average Bonchev–Trinajstić information content (AvgIpc) is 2.73. The second kappa shape index (κ2) is 5.41. The molecule has 0 saturated carbocycles. The Balaban J connectivity index is 2.01. The third-order valence-corrected chi connectivity index (χ3v) is 5.53. The zero-order chi connectivity index (χ0) is 13.2. The summed E-state index contributed by atoms with van der Waals surface area (Å²) in [5.74, 6) is 0.255. The van der Waals surface area contributed by atoms with Crippen LogP contribution in [0.3, 0.4) is 0 Å². The molecule has 1 aromatic rings. The van der Waals surface area contributed by atoms with Gasteiger partial charge in [-0.15, -0.1) is 0 Å². The first-order valence-corrected chi connectivity index (χ1v) is 8.14. The van der Waals surface area contributed by atoms with Gasteiger partial charge in [-0.2, -0.15) is 0 Å². The molecule has 0 aliphatic carbocycles. The van der Waals surface area contributed by atoms with Crippen LogP contribution in [0.25, 0.3) is 0 Å². The Labute approximate surface area is 110 Å². The number of sulfone groups is 1. The highest BCUT2D eigenvalue weighted by atomic mass is 32.2. The SMILES string of the molecule is Cc1ccc(S(=O)(=O)CCC2CCCN2C)cc1. The van der Waals surface area contributed by atoms with E-state index in [0.717, 1.165) is 24.9 Å². The predicted molar refractivity (Wildman–Crippen MR) is 73.5 cm³/mol. The molecule has 2 rings (SSSR count). The molecular weight excluding hydrogens is 246 g/mol. The number of hydrogen-bond donors (Lipinski definition) is 0. The van der Waals surface area contributed by atoms with Crippen molar-refractivity contribution in [1.82, 2.24) is 4.90 Å². The zero-order valence-corrected chi connectivity index (χ0v) is 11.9. The predicted octanol–water partition coefficient (Wildman–Crippen LogP) is 2.25. The van der Waals surface area contributed by atoms with Crippen molar-refractivity contribution in [2.24, 2.45) is 0 Å². The summed E-state index contributed by atoms with van der Waals surface area (Å²) >= 11 is 0. The quantitative estimate of drug-likeness (QED) is 0.839. The van der Waals surface area contributed by atoms with E-state index in [1.54, 1.807) is 12.1 Å². The Hall–Kier alpha value is -0.870. The summed E-state index contributed by atoms with van der Waals surface area (Å²) in [7, 11) is -1.04. The maximum absolute atomic E-state index is 12.2. The van der Waals surface area contributed by atoms with Crippen LogP contribution >= 0.6 is 0 Å². The lowest BCUT2D eigenvalue weighted by atomic mass is 10.2. The summed E-state index contributed by atoms with van der Waals surface area (Å²) in [6, 6.07) is 7.57. The molecule has 1 atom stereocenters. The Bertz CT molecular complexity index is 493. The van der Waals surface area contributed by atoms with Crippen LogP contribution in [0.1, 0.15) is 24.8 Å². The van der Waals surface area contributed by atoms with Gasteiger partial charge in [-0.25, -0.2) is 8.42 Å². The fourth-order valence-electron chi connectivity index (χ4n) is 2.50. The molecule has 1 aromatic carbocycles. The first-order valence-electron chi connectivity index (χ1n) is 6.49. The van der Waals surface area contributed by atoms with Crippen LogP contribution in [0.2, 0.25) is 0 Å². The van der Waals surface area contributed by atoms with Crippen LogP contribution in [-0.2, 0) is 9.84 Å². The monoisotopic (exact) mass is 267 g/mol. The zero-order valence-electron chi connectivity index (χ0n) is 11.1. The van der Waals surface area contributed by atoms with Gasteiger partial charge in [0.1, 0.15) is 0 Å². The van der Waals surface area contributed by atoms with E-state index >= 15 is 0 Å². The largest absolute Gasteiger partial charge is 0.303 e. The number of benzene rings is 1. The van der Waals surface area contributed by atoms with E-state index in [-0.39, 0.29) is 5.75 Å². The van der Waals surface area contributed by atoms with Crippen LogP contribution in [0.4, 0.5) is 0 Å². The van der Waals surface area contributed by atoms with Crippen molar-refractivity contribution in [2.75, 3.05) is 19.3 Å². The second-order valence-corrected chi connectivity index (χ2v) is 7.31. The topological polar surface area (TPSA) is 37.4 Å². The Kier molecular flexibility index (Phi) is 4.07. The van der Waals surface area contributed by atoms with Crippen molar-refractivity contribution >= 4 is 9.84 Å². The fourth-order valence-corrected chi connectivity index (χ4v) is 3.87. The molecule has 1 unspecified atom stereocenters. The third-order valence-electron chi connectivity index (χ3n) is 3.77. The number of nitrogens with zero attached hydrogens (tertiary/aromatic N) is 1. The van der Waals surface area contributed by atoms with Gasteiger partial charge in [0.15, 0.2) is 9.84 Å². The first kappa shape index (κ1) is 13.6. The van der Waals surface area contributed by atoms with Crippen molar-refractivity contribution in [3.63, 3.8) is 0 Å². The van der Waals surface area contributed by atoms with Gasteiger partial charge in [0.05, 0.1) is 10.6 Å². The molecule has 3 nitrogen and oxygen atoms in total. The summed E-state index contributed by atoms with van der Waals surface area (Å²) in [6.07, 6.45) is 3.05. The number of likely N-dealkylation sites (tertiary alicyclic amines) is 1. The third kappa shape index (κ3) is 3.12. The number of hydrogen-bond acceptors (Lipinski definition) is 3. The van der Waals surface area contributed by atoms with Crippen molar-refractivity contribution in [1.29, 1.82) is 0 Å². The van der Waals surface area contributed by atoms with Gasteiger partial charge < -0.3 is 4.90 Å². The molecule has 18 heavy (non-hydrogen) atoms. The molecule has 0 radical (unpaired) electrons. The minimum Gasteiger partial charge on any atom is -0.303 e. The van der Waals surface area contributed by atoms with Crippen LogP contribution in [0.15, 0.2) is 29.2 Å². The summed E-state index contributed by atoms with van der Waals surface area (Å²) in [5.41, 5.74) is 1.09. The summed E-state index contributed by atoms with van der Waals surface area (Å²) in [5, 5.41) is 0. The molecule has 100 valence electrons. The van der Waals surface area contributed by atoms with Crippen molar-refractivity contribution in [3.05, 3.63) is 29.8 Å². The van der Waals surface area contributed by atoms with E-state index in [0.29, 0.717) is 10.9 Å². The molecule has 0 aromatic heterocycles. The van der Waals surface area contributed by atoms with Gasteiger partial charge in [-0.3, -0.25) is 0 Å². The van der Waals surface area contributed by atoms with E-state index < -0.39 is 9.84 Å². The van der Waals surface area contributed by atoms with Crippen molar-refractivity contribution in [3.8, 4) is 0 Å². The molecular formula is C14H21NO2S. The van der Waals surface area contributed by atoms with Crippen LogP contribution in [-0.4, -0.2) is 38.7 Å². The summed E-state index contributed by atoms with van der Waals surface area (Å²) < 4.78 is 24.4. The van der Waals surface area contributed by atoms with Gasteiger partial charge in [-0.05, 0) is 51.9 Å². The highest BCUT2D eigenvalue weighted by molar-refractivity contribution is 7.91. The molecule has 0 N–H and O–H groups in total. The first-order chi connectivity index (χ1) is 8.49. The molecule has 1 aliphatic rings. The number of aryl methyl sites for hydroxylation is 1. The standard InChI is InChI=1S/C14H21NO2S/c1-12-5-7-14(8-6-12)18(16,17)11-9-13-4-3-10-15(13)2/h5-8,13H,3-4,9-11H2,1-2H3. The molecule has 0 bridgehead atoms. The average molecular weight is 267 g/mol. The van der Waals surface area contributed by atoms with E-state index in [4.69, 9.17) is 0 Å². The van der Waals surface area contributed by atoms with Gasteiger partial charge in [0.25, 0.3) is 0 Å². The number of rotatable bonds is 4. The van der Waals surface area contributed by atoms with Gasteiger partial charge in [0.2, 0.25) is 0 Å². The Morgan fingerprint density at radius 2 is 1.94 bits per heavy atom. The smallest absolute Gasteiger partial charge is 0.178 e. The van der Waals surface area contributed by atoms with Crippen LogP contribution in [0, 0.1) is 6.92 Å². The molecule has 0 spiro atoms. The Morgan fingerprint density at radius 3 is 2.50 bits per heavy atom. The van der Waals surface area contributed by atoms with E-state index in [9.17, 15) is 8.42 Å². The molecule has 0 amide bonds. The Morgan fingerprint density at radius 1 is 1.28 bits per heavy atom. The maximum atomic E-state index is 12.2. The molecule has 1 fully saturated rings. The highest BCUT2D eigenvalue weighted by Crippen LogP contribution is 2.20. The van der Waals surface area contributed by atoms with Crippen LogP contribution in [0.5, 0.6) is 0 Å². The van der Waals surface area contributed by atoms with Crippen molar-refractivity contribution < 1.29 is 8.42 Å². The van der Waals surface area contributed by atoms with E-state index in [1.165, 1.54) is 6.42 Å². The van der Waals surface area contributed by atoms with E-state index in [2.05, 4.69) is 11.9 Å². The fraction of sp³-hybridized carbons (Fsp3) is 0.571. The maximum Gasteiger partial charge on any atom is 0.178 e. The second-order valence-electron chi connectivity index (χ2n) is 5.20. The minimum absolute atomic E-state index is 0.255. The molecule has 1 aliphatic heterocycles. The summed E-state index contributed by atoms with van der Waals surface area (Å²) in [6.45, 7) is 3.05. The van der Waals surface area contributed by atoms with Crippen LogP contribution < -0.4 is 0 Å². The lowest BCUT2D eigenvalue weighted by Crippen LogP contribution is -2.27. The van der Waals surface area contributed by atoms with Gasteiger partial charge >= 0.3 is 0 Å². The van der Waals surface area contributed by atoms with E-state index in [1.807, 2.05) is 19.1 Å². The minimum atomic E-state index is -3.11. The van der Waals surface area contributed by atoms with Crippen molar-refractivity contribution in [2.45, 2.75) is 37.1 Å².